The monoisotopic (exact) mass is 251 g/mol. The largest absolute Gasteiger partial charge is 0.481 e. The fourth-order valence-electron chi connectivity index (χ4n) is 0.880. The Labute approximate surface area is 95.5 Å². The molecule has 14 heavy (non-hydrogen) atoms. The lowest BCUT2D eigenvalue weighted by molar-refractivity contribution is -0.136. The Bertz CT molecular complexity index is 316. The van der Waals surface area contributed by atoms with Gasteiger partial charge in [0.25, 0.3) is 0 Å². The average molecular weight is 252 g/mol. The molecule has 1 rings (SSSR count). The highest BCUT2D eigenvalue weighted by Crippen LogP contribution is 2.25. The van der Waals surface area contributed by atoms with Crippen LogP contribution < -0.4 is 0 Å². The quantitative estimate of drug-likeness (QED) is 0.874. The van der Waals surface area contributed by atoms with Crippen molar-refractivity contribution in [3.63, 3.8) is 0 Å². The topological polar surface area (TPSA) is 50.2 Å². The molecule has 1 heterocycles. The molecule has 0 saturated heterocycles. The minimum Gasteiger partial charge on any atom is -0.481 e. The Morgan fingerprint density at radius 2 is 2.57 bits per heavy atom. The van der Waals surface area contributed by atoms with Crippen LogP contribution in [-0.4, -0.2) is 21.3 Å². The van der Waals surface area contributed by atoms with Gasteiger partial charge in [-0.1, -0.05) is 18.5 Å². The van der Waals surface area contributed by atoms with Crippen molar-refractivity contribution in [2.24, 2.45) is 0 Å². The summed E-state index contributed by atoms with van der Waals surface area (Å²) >= 11 is 8.70. The van der Waals surface area contributed by atoms with Gasteiger partial charge in [0.1, 0.15) is 0 Å². The van der Waals surface area contributed by atoms with Crippen molar-refractivity contribution >= 4 is 40.7 Å². The molecular formula is C8H10ClNO2S2. The third-order valence-corrected chi connectivity index (χ3v) is 4.01. The van der Waals surface area contributed by atoms with Crippen molar-refractivity contribution in [2.45, 2.75) is 24.3 Å². The summed E-state index contributed by atoms with van der Waals surface area (Å²) in [5.41, 5.74) is 0. The van der Waals surface area contributed by atoms with E-state index in [2.05, 4.69) is 4.98 Å². The van der Waals surface area contributed by atoms with Gasteiger partial charge in [-0.05, 0) is 0 Å². The second-order valence-electron chi connectivity index (χ2n) is 2.80. The van der Waals surface area contributed by atoms with Crippen LogP contribution in [0.4, 0.5) is 0 Å². The van der Waals surface area contributed by atoms with Crippen molar-refractivity contribution in [1.82, 2.24) is 4.98 Å². The molecule has 0 aromatic carbocycles. The number of hydrogen-bond donors (Lipinski definition) is 1. The van der Waals surface area contributed by atoms with Crippen molar-refractivity contribution in [1.29, 1.82) is 0 Å². The molecule has 1 unspecified atom stereocenters. The molecule has 0 saturated carbocycles. The summed E-state index contributed by atoms with van der Waals surface area (Å²) in [5, 5.41) is 8.66. The van der Waals surface area contributed by atoms with Crippen molar-refractivity contribution in [3.8, 4) is 0 Å². The van der Waals surface area contributed by atoms with Crippen LogP contribution in [0.15, 0.2) is 6.20 Å². The molecule has 6 heteroatoms. The Hall–Kier alpha value is -0.260. The van der Waals surface area contributed by atoms with Gasteiger partial charge in [0, 0.05) is 22.1 Å². The van der Waals surface area contributed by atoms with Crippen LogP contribution in [0.3, 0.4) is 0 Å². The number of aliphatic carboxylic acids is 1. The van der Waals surface area contributed by atoms with E-state index in [0.717, 1.165) is 10.6 Å². The Morgan fingerprint density at radius 3 is 3.07 bits per heavy atom. The molecule has 0 bridgehead atoms. The normalized spacial score (nSPS) is 12.7. The standard InChI is InChI=1S/C8H10ClNO2S2/c1-5(2-7(11)12)13-4-6-3-10-8(9)14-6/h3,5H,2,4H2,1H3,(H,11,12). The van der Waals surface area contributed by atoms with Crippen LogP contribution in [0.5, 0.6) is 0 Å². The van der Waals surface area contributed by atoms with Gasteiger partial charge in [0.05, 0.1) is 6.42 Å². The second-order valence-corrected chi connectivity index (χ2v) is 5.92. The first-order chi connectivity index (χ1) is 6.58. The van der Waals surface area contributed by atoms with Gasteiger partial charge in [-0.15, -0.1) is 11.3 Å². The first-order valence-electron chi connectivity index (χ1n) is 4.01. The van der Waals surface area contributed by atoms with Crippen LogP contribution in [0.25, 0.3) is 0 Å². The lowest BCUT2D eigenvalue weighted by Crippen LogP contribution is -2.05. The number of carboxylic acid groups (broad SMARTS) is 1. The predicted octanol–water partition coefficient (Wildman–Crippen LogP) is 2.89. The number of nitrogens with zero attached hydrogens (tertiary/aromatic N) is 1. The number of carbonyl (C=O) groups is 1. The fourth-order valence-corrected chi connectivity index (χ4v) is 2.88. The molecule has 0 amide bonds. The van der Waals surface area contributed by atoms with Crippen LogP contribution in [0.1, 0.15) is 18.2 Å². The zero-order valence-electron chi connectivity index (χ0n) is 7.57. The van der Waals surface area contributed by atoms with Crippen LogP contribution >= 0.6 is 34.7 Å². The number of thioether (sulfide) groups is 1. The Morgan fingerprint density at radius 1 is 1.86 bits per heavy atom. The fraction of sp³-hybridized carbons (Fsp3) is 0.500. The summed E-state index contributed by atoms with van der Waals surface area (Å²) in [6, 6.07) is 0. The van der Waals surface area contributed by atoms with E-state index in [1.54, 1.807) is 18.0 Å². The maximum absolute atomic E-state index is 10.4. The molecule has 1 atom stereocenters. The SMILES string of the molecule is CC(CC(=O)O)SCc1cnc(Cl)s1. The minimum atomic E-state index is -0.757. The molecule has 3 nitrogen and oxygen atoms in total. The first-order valence-corrected chi connectivity index (χ1v) is 6.26. The second kappa shape index (κ2) is 5.58. The van der Waals surface area contributed by atoms with Gasteiger partial charge in [-0.2, -0.15) is 11.8 Å². The Kier molecular flexibility index (Phi) is 4.71. The van der Waals surface area contributed by atoms with Crippen LogP contribution in [-0.2, 0) is 10.5 Å². The molecule has 0 aliphatic rings. The van der Waals surface area contributed by atoms with Crippen molar-refractivity contribution < 1.29 is 9.90 Å². The lowest BCUT2D eigenvalue weighted by Gasteiger charge is -2.05. The molecule has 0 aliphatic heterocycles. The molecule has 78 valence electrons. The van der Waals surface area contributed by atoms with E-state index in [4.69, 9.17) is 16.7 Å². The number of thiazole rings is 1. The van der Waals surface area contributed by atoms with E-state index >= 15 is 0 Å². The van der Waals surface area contributed by atoms with Gasteiger partial charge in [-0.25, -0.2) is 4.98 Å². The van der Waals surface area contributed by atoms with E-state index in [1.165, 1.54) is 11.3 Å². The van der Waals surface area contributed by atoms with Gasteiger partial charge in [0.15, 0.2) is 4.47 Å². The Balaban J connectivity index is 2.30. The van der Waals surface area contributed by atoms with E-state index in [9.17, 15) is 4.79 Å². The number of carboxylic acids is 1. The molecule has 0 fully saturated rings. The zero-order valence-corrected chi connectivity index (χ0v) is 9.95. The molecule has 0 spiro atoms. The minimum absolute atomic E-state index is 0.119. The summed E-state index contributed by atoms with van der Waals surface area (Å²) < 4.78 is 0.534. The third kappa shape index (κ3) is 4.30. The first kappa shape index (κ1) is 11.8. The predicted molar refractivity (Wildman–Crippen MR) is 60.1 cm³/mol. The molecular weight excluding hydrogens is 242 g/mol. The van der Waals surface area contributed by atoms with E-state index < -0.39 is 5.97 Å². The summed E-state index contributed by atoms with van der Waals surface area (Å²) in [7, 11) is 0. The van der Waals surface area contributed by atoms with Crippen molar-refractivity contribution in [2.75, 3.05) is 0 Å². The molecule has 0 aliphatic carbocycles. The number of aromatic nitrogens is 1. The maximum Gasteiger partial charge on any atom is 0.304 e. The number of halogens is 1. The average Bonchev–Trinajstić information content (AvgIpc) is 2.47. The highest BCUT2D eigenvalue weighted by atomic mass is 35.5. The zero-order chi connectivity index (χ0) is 10.6. The molecule has 1 aromatic rings. The summed E-state index contributed by atoms with van der Waals surface area (Å²) in [6.45, 7) is 1.90. The summed E-state index contributed by atoms with van der Waals surface area (Å²) in [5.74, 6) is 0.0195. The maximum atomic E-state index is 10.4. The van der Waals surface area contributed by atoms with Gasteiger partial charge in [0.2, 0.25) is 0 Å². The number of hydrogen-bond acceptors (Lipinski definition) is 4. The van der Waals surface area contributed by atoms with E-state index in [1.807, 2.05) is 6.92 Å². The third-order valence-electron chi connectivity index (χ3n) is 1.50. The van der Waals surface area contributed by atoms with Crippen LogP contribution in [0.2, 0.25) is 4.47 Å². The smallest absolute Gasteiger partial charge is 0.304 e. The van der Waals surface area contributed by atoms with Crippen LogP contribution in [0, 0.1) is 0 Å². The van der Waals surface area contributed by atoms with E-state index in [-0.39, 0.29) is 11.7 Å². The molecule has 0 radical (unpaired) electrons. The van der Waals surface area contributed by atoms with Gasteiger partial charge in [-0.3, -0.25) is 4.79 Å². The summed E-state index contributed by atoms with van der Waals surface area (Å²) in [6.07, 6.45) is 1.92. The summed E-state index contributed by atoms with van der Waals surface area (Å²) in [4.78, 5) is 15.4. The van der Waals surface area contributed by atoms with E-state index in [0.29, 0.717) is 4.47 Å². The number of rotatable bonds is 5. The highest BCUT2D eigenvalue weighted by molar-refractivity contribution is 7.99. The highest BCUT2D eigenvalue weighted by Gasteiger charge is 2.09. The molecule has 1 aromatic heterocycles. The molecule has 1 N–H and O–H groups in total. The van der Waals surface area contributed by atoms with Gasteiger partial charge < -0.3 is 5.11 Å². The van der Waals surface area contributed by atoms with Gasteiger partial charge >= 0.3 is 5.97 Å². The lowest BCUT2D eigenvalue weighted by atomic mass is 10.3. The van der Waals surface area contributed by atoms with Crippen molar-refractivity contribution in [3.05, 3.63) is 15.5 Å².